The molecule has 3 amide bonds. The number of ketones is 1. The average molecular weight is 441 g/mol. The van der Waals surface area contributed by atoms with E-state index in [2.05, 4.69) is 10.2 Å². The third-order valence-corrected chi connectivity index (χ3v) is 6.82. The van der Waals surface area contributed by atoms with Crippen LogP contribution >= 0.6 is 11.3 Å². The van der Waals surface area contributed by atoms with E-state index in [1.807, 2.05) is 46.7 Å². The predicted molar refractivity (Wildman–Crippen MR) is 123 cm³/mol. The largest absolute Gasteiger partial charge is 0.368 e. The molecule has 1 atom stereocenters. The van der Waals surface area contributed by atoms with Crippen LogP contribution in [0.25, 0.3) is 0 Å². The maximum Gasteiger partial charge on any atom is 0.322 e. The van der Waals surface area contributed by atoms with Crippen molar-refractivity contribution in [2.24, 2.45) is 5.92 Å². The Balaban J connectivity index is 1.29. The van der Waals surface area contributed by atoms with Gasteiger partial charge in [-0.25, -0.2) is 4.79 Å². The van der Waals surface area contributed by atoms with E-state index in [-0.39, 0.29) is 23.6 Å². The highest BCUT2D eigenvalue weighted by molar-refractivity contribution is 7.14. The fourth-order valence-electron chi connectivity index (χ4n) is 4.25. The fourth-order valence-corrected chi connectivity index (χ4v) is 4.85. The molecule has 2 fully saturated rings. The van der Waals surface area contributed by atoms with E-state index < -0.39 is 0 Å². The average Bonchev–Trinajstić information content (AvgIpc) is 3.32. The number of anilines is 2. The number of amides is 3. The number of likely N-dealkylation sites (tertiary alicyclic amines) is 1. The molecule has 0 aliphatic carbocycles. The van der Waals surface area contributed by atoms with Gasteiger partial charge in [-0.15, -0.1) is 11.3 Å². The Bertz CT molecular complexity index is 921. The van der Waals surface area contributed by atoms with E-state index in [0.717, 1.165) is 36.6 Å². The van der Waals surface area contributed by atoms with Crippen LogP contribution in [-0.4, -0.2) is 66.8 Å². The van der Waals surface area contributed by atoms with Crippen LogP contribution in [0, 0.1) is 5.92 Å². The first kappa shape index (κ1) is 21.4. The quantitative estimate of drug-likeness (QED) is 0.738. The second kappa shape index (κ2) is 9.51. The lowest BCUT2D eigenvalue weighted by atomic mass is 9.96. The van der Waals surface area contributed by atoms with E-state index in [1.165, 1.54) is 11.3 Å². The van der Waals surface area contributed by atoms with E-state index in [1.54, 1.807) is 11.8 Å². The Morgan fingerprint density at radius 2 is 1.71 bits per heavy atom. The van der Waals surface area contributed by atoms with Gasteiger partial charge in [0.15, 0.2) is 5.78 Å². The van der Waals surface area contributed by atoms with Gasteiger partial charge in [0.1, 0.15) is 0 Å². The lowest BCUT2D eigenvalue weighted by Crippen LogP contribution is -2.53. The summed E-state index contributed by atoms with van der Waals surface area (Å²) in [6.07, 6.45) is 1.67. The first-order valence-corrected chi connectivity index (χ1v) is 11.6. The van der Waals surface area contributed by atoms with Crippen molar-refractivity contribution in [2.75, 3.05) is 49.5 Å². The van der Waals surface area contributed by atoms with Crippen LogP contribution in [0.2, 0.25) is 0 Å². The zero-order valence-corrected chi connectivity index (χ0v) is 18.6. The number of carbonyl (C=O) groups is 3. The summed E-state index contributed by atoms with van der Waals surface area (Å²) in [4.78, 5) is 43.1. The molecule has 164 valence electrons. The molecule has 0 spiro atoms. The van der Waals surface area contributed by atoms with Crippen LogP contribution in [0.15, 0.2) is 41.8 Å². The van der Waals surface area contributed by atoms with Gasteiger partial charge in [0.25, 0.3) is 0 Å². The van der Waals surface area contributed by atoms with Crippen molar-refractivity contribution in [1.29, 1.82) is 0 Å². The van der Waals surface area contributed by atoms with Crippen LogP contribution in [0.1, 0.15) is 30.1 Å². The second-order valence-corrected chi connectivity index (χ2v) is 9.06. The number of nitrogens with one attached hydrogen (secondary N) is 1. The number of Topliss-reactive ketones (excluding diaryl/α,β-unsaturated/α-hetero) is 1. The Kier molecular flexibility index (Phi) is 6.56. The molecule has 7 nitrogen and oxygen atoms in total. The zero-order chi connectivity index (χ0) is 21.8. The third-order valence-electron chi connectivity index (χ3n) is 6.04. The van der Waals surface area contributed by atoms with Crippen molar-refractivity contribution in [3.05, 3.63) is 47.3 Å². The highest BCUT2D eigenvalue weighted by Gasteiger charge is 2.32. The topological polar surface area (TPSA) is 73.0 Å². The van der Waals surface area contributed by atoms with Crippen LogP contribution in [0.5, 0.6) is 0 Å². The molecule has 2 aliphatic heterocycles. The minimum Gasteiger partial charge on any atom is -0.368 e. The summed E-state index contributed by atoms with van der Waals surface area (Å²) in [7, 11) is 0. The summed E-state index contributed by atoms with van der Waals surface area (Å²) in [5.74, 6) is 0.0806. The molecular weight excluding hydrogens is 412 g/mol. The normalized spacial score (nSPS) is 19.3. The Morgan fingerprint density at radius 3 is 2.35 bits per heavy atom. The number of benzene rings is 1. The highest BCUT2D eigenvalue weighted by Crippen LogP contribution is 2.23. The van der Waals surface area contributed by atoms with Crippen LogP contribution in [-0.2, 0) is 4.79 Å². The molecule has 1 aromatic carbocycles. The zero-order valence-electron chi connectivity index (χ0n) is 17.8. The predicted octanol–water partition coefficient (Wildman–Crippen LogP) is 3.54. The van der Waals surface area contributed by atoms with E-state index in [4.69, 9.17) is 0 Å². The number of piperazine rings is 1. The summed E-state index contributed by atoms with van der Waals surface area (Å²) < 4.78 is 0. The highest BCUT2D eigenvalue weighted by atomic mass is 32.1. The van der Waals surface area contributed by atoms with Crippen molar-refractivity contribution >= 4 is 39.7 Å². The van der Waals surface area contributed by atoms with Crippen LogP contribution in [0.4, 0.5) is 15.5 Å². The van der Waals surface area contributed by atoms with Crippen molar-refractivity contribution in [3.63, 3.8) is 0 Å². The van der Waals surface area contributed by atoms with Gasteiger partial charge in [-0.2, -0.15) is 0 Å². The molecule has 8 heteroatoms. The summed E-state index contributed by atoms with van der Waals surface area (Å²) in [6.45, 7) is 5.60. The van der Waals surface area contributed by atoms with Gasteiger partial charge in [0, 0.05) is 50.5 Å². The maximum atomic E-state index is 13.1. The number of nitrogens with zero attached hydrogens (tertiary/aromatic N) is 3. The molecule has 2 aliphatic rings. The first-order valence-electron chi connectivity index (χ1n) is 10.8. The minimum atomic E-state index is -0.135. The Labute approximate surface area is 186 Å². The van der Waals surface area contributed by atoms with Crippen LogP contribution in [0.3, 0.4) is 0 Å². The molecule has 0 radical (unpaired) electrons. The van der Waals surface area contributed by atoms with Gasteiger partial charge in [-0.05, 0) is 61.5 Å². The lowest BCUT2D eigenvalue weighted by Gasteiger charge is -2.39. The molecule has 1 aromatic heterocycles. The van der Waals surface area contributed by atoms with Gasteiger partial charge in [-0.3, -0.25) is 14.9 Å². The molecule has 0 bridgehead atoms. The van der Waals surface area contributed by atoms with Crippen molar-refractivity contribution in [3.8, 4) is 0 Å². The third kappa shape index (κ3) is 5.07. The number of thiophene rings is 1. The monoisotopic (exact) mass is 440 g/mol. The SMILES string of the molecule is CC(=O)c1ccc(N2CCN(C(=O)C3CCCN(C(=O)Nc4cccs4)C3)CC2)cc1. The summed E-state index contributed by atoms with van der Waals surface area (Å²) in [5.41, 5.74) is 1.79. The van der Waals surface area contributed by atoms with Gasteiger partial charge < -0.3 is 14.7 Å². The van der Waals surface area contributed by atoms with Crippen LogP contribution < -0.4 is 10.2 Å². The van der Waals surface area contributed by atoms with Gasteiger partial charge in [0.05, 0.1) is 10.9 Å². The summed E-state index contributed by atoms with van der Waals surface area (Å²) in [5, 5.41) is 5.67. The summed E-state index contributed by atoms with van der Waals surface area (Å²) in [6, 6.07) is 11.3. The molecule has 1 N–H and O–H groups in total. The Morgan fingerprint density at radius 1 is 0.968 bits per heavy atom. The second-order valence-electron chi connectivity index (χ2n) is 8.11. The van der Waals surface area contributed by atoms with Crippen molar-refractivity contribution in [1.82, 2.24) is 9.80 Å². The molecule has 31 heavy (non-hydrogen) atoms. The lowest BCUT2D eigenvalue weighted by molar-refractivity contribution is -0.137. The number of hydrogen-bond acceptors (Lipinski definition) is 5. The van der Waals surface area contributed by atoms with E-state index in [0.29, 0.717) is 31.7 Å². The number of hydrogen-bond donors (Lipinski definition) is 1. The van der Waals surface area contributed by atoms with Gasteiger partial charge in [-0.1, -0.05) is 0 Å². The number of urea groups is 1. The number of rotatable bonds is 4. The first-order chi connectivity index (χ1) is 15.0. The fraction of sp³-hybridized carbons (Fsp3) is 0.435. The van der Waals surface area contributed by atoms with Crippen molar-refractivity contribution in [2.45, 2.75) is 19.8 Å². The molecule has 2 aromatic rings. The molecule has 4 rings (SSSR count). The minimum absolute atomic E-state index is 0.0626. The Hall–Kier alpha value is -2.87. The smallest absolute Gasteiger partial charge is 0.322 e. The van der Waals surface area contributed by atoms with E-state index in [9.17, 15) is 14.4 Å². The molecule has 3 heterocycles. The molecule has 1 unspecified atom stereocenters. The standard InChI is InChI=1S/C23H28N4O3S/c1-17(28)18-6-8-20(9-7-18)25-11-13-26(14-12-25)22(29)19-4-2-10-27(16-19)23(30)24-21-5-3-15-31-21/h3,5-9,15,19H,2,4,10-14,16H2,1H3,(H,24,30). The molecular formula is C23H28N4O3S. The van der Waals surface area contributed by atoms with Crippen molar-refractivity contribution < 1.29 is 14.4 Å². The molecule has 0 saturated carbocycles. The number of piperidine rings is 1. The summed E-state index contributed by atoms with van der Waals surface area (Å²) >= 11 is 1.49. The van der Waals surface area contributed by atoms with E-state index >= 15 is 0 Å². The molecule has 2 saturated heterocycles. The number of carbonyl (C=O) groups excluding carboxylic acids is 3. The maximum absolute atomic E-state index is 13.1. The van der Waals surface area contributed by atoms with Gasteiger partial charge >= 0.3 is 6.03 Å². The van der Waals surface area contributed by atoms with Gasteiger partial charge in [0.2, 0.25) is 5.91 Å².